The van der Waals surface area contributed by atoms with E-state index in [0.717, 1.165) is 7.11 Å². The van der Waals surface area contributed by atoms with Crippen LogP contribution in [0.15, 0.2) is 24.3 Å². The first-order chi connectivity index (χ1) is 9.27. The van der Waals surface area contributed by atoms with E-state index in [-0.39, 0.29) is 24.4 Å². The molecule has 7 nitrogen and oxygen atoms in total. The van der Waals surface area contributed by atoms with Crippen molar-refractivity contribution in [2.45, 2.75) is 20.0 Å². The predicted molar refractivity (Wildman–Crippen MR) is 68.8 cm³/mol. The van der Waals surface area contributed by atoms with Gasteiger partial charge in [0.1, 0.15) is 13.2 Å². The molecule has 0 aromatic rings. The summed E-state index contributed by atoms with van der Waals surface area (Å²) < 4.78 is 18.7. The molecule has 0 spiro atoms. The number of carbonyl (C=O) groups is 3. The normalized spacial score (nSPS) is 9.60. The van der Waals surface area contributed by atoms with Gasteiger partial charge in [-0.3, -0.25) is 0 Å². The summed E-state index contributed by atoms with van der Waals surface area (Å²) >= 11 is 0. The third-order valence-electron chi connectivity index (χ3n) is 1.93. The minimum absolute atomic E-state index is 0.195. The van der Waals surface area contributed by atoms with Crippen LogP contribution in [0.1, 0.15) is 13.8 Å². The van der Waals surface area contributed by atoms with Crippen LogP contribution in [0, 0.1) is 0 Å². The Morgan fingerprint density at radius 2 is 1.35 bits per heavy atom. The van der Waals surface area contributed by atoms with Crippen LogP contribution < -0.4 is 0 Å². The molecule has 0 aromatic carbocycles. The minimum Gasteiger partial charge on any atom is -0.458 e. The quantitative estimate of drug-likeness (QED) is 0.397. The lowest BCUT2D eigenvalue weighted by Gasteiger charge is -2.17. The molecule has 0 atom stereocenters. The molecule has 0 N–H and O–H groups in total. The average Bonchev–Trinajstić information content (AvgIpc) is 2.40. The van der Waals surface area contributed by atoms with Crippen LogP contribution in [0.5, 0.6) is 0 Å². The van der Waals surface area contributed by atoms with Gasteiger partial charge in [0.05, 0.1) is 7.11 Å². The zero-order valence-corrected chi connectivity index (χ0v) is 11.8. The SMILES string of the molecule is C=C(C)C(=O)OCC(COC(=O)C(=C)C)OC(=O)OC. The Hall–Kier alpha value is -2.31. The Kier molecular flexibility index (Phi) is 7.72. The summed E-state index contributed by atoms with van der Waals surface area (Å²) in [4.78, 5) is 33.5. The zero-order chi connectivity index (χ0) is 15.7. The highest BCUT2D eigenvalue weighted by atomic mass is 16.7. The fraction of sp³-hybridized carbons (Fsp3) is 0.462. The van der Waals surface area contributed by atoms with E-state index in [2.05, 4.69) is 17.9 Å². The molecule has 0 amide bonds. The van der Waals surface area contributed by atoms with Crippen LogP contribution in [0.2, 0.25) is 0 Å². The maximum Gasteiger partial charge on any atom is 0.508 e. The van der Waals surface area contributed by atoms with Crippen LogP contribution in [0.25, 0.3) is 0 Å². The number of hydrogen-bond donors (Lipinski definition) is 0. The van der Waals surface area contributed by atoms with E-state index in [1.807, 2.05) is 0 Å². The van der Waals surface area contributed by atoms with Gasteiger partial charge in [-0.25, -0.2) is 14.4 Å². The van der Waals surface area contributed by atoms with Gasteiger partial charge in [-0.15, -0.1) is 0 Å². The van der Waals surface area contributed by atoms with Crippen LogP contribution >= 0.6 is 0 Å². The predicted octanol–water partition coefficient (Wildman–Crippen LogP) is 1.38. The number of methoxy groups -OCH3 is 1. The molecule has 0 rings (SSSR count). The topological polar surface area (TPSA) is 88.1 Å². The van der Waals surface area contributed by atoms with Crippen molar-refractivity contribution in [2.24, 2.45) is 0 Å². The summed E-state index contributed by atoms with van der Waals surface area (Å²) in [5, 5.41) is 0. The monoisotopic (exact) mass is 286 g/mol. The first kappa shape index (κ1) is 17.7. The molecule has 0 radical (unpaired) electrons. The number of ether oxygens (including phenoxy) is 4. The number of rotatable bonds is 7. The second-order valence-electron chi connectivity index (χ2n) is 3.95. The van der Waals surface area contributed by atoms with E-state index in [1.54, 1.807) is 0 Å². The highest BCUT2D eigenvalue weighted by molar-refractivity contribution is 5.87. The maximum atomic E-state index is 11.2. The van der Waals surface area contributed by atoms with Crippen molar-refractivity contribution in [3.05, 3.63) is 24.3 Å². The Balaban J connectivity index is 4.44. The molecule has 0 saturated heterocycles. The van der Waals surface area contributed by atoms with Crippen molar-refractivity contribution < 1.29 is 33.3 Å². The van der Waals surface area contributed by atoms with Gasteiger partial charge in [0.25, 0.3) is 0 Å². The summed E-state index contributed by atoms with van der Waals surface area (Å²) in [6.07, 6.45) is -1.96. The van der Waals surface area contributed by atoms with Crippen LogP contribution in [0.3, 0.4) is 0 Å². The Morgan fingerprint density at radius 3 is 1.65 bits per heavy atom. The number of carbonyl (C=O) groups excluding carboxylic acids is 3. The van der Waals surface area contributed by atoms with Gasteiger partial charge in [-0.1, -0.05) is 13.2 Å². The van der Waals surface area contributed by atoms with Gasteiger partial charge < -0.3 is 18.9 Å². The highest BCUT2D eigenvalue weighted by Crippen LogP contribution is 2.02. The standard InChI is InChI=1S/C13H18O7/c1-8(2)11(14)18-6-10(20-13(16)17-5)7-19-12(15)9(3)4/h10H,1,3,6-7H2,2,4-5H3. The second kappa shape index (κ2) is 8.73. The van der Waals surface area contributed by atoms with Gasteiger partial charge >= 0.3 is 18.1 Å². The summed E-state index contributed by atoms with van der Waals surface area (Å²) in [5.74, 6) is -1.29. The van der Waals surface area contributed by atoms with Gasteiger partial charge in [0.2, 0.25) is 0 Å². The molecule has 0 aliphatic carbocycles. The Labute approximate surface area is 117 Å². The average molecular weight is 286 g/mol. The second-order valence-corrected chi connectivity index (χ2v) is 3.95. The van der Waals surface area contributed by atoms with Crippen LogP contribution in [-0.4, -0.2) is 44.5 Å². The molecule has 0 aliphatic heterocycles. The smallest absolute Gasteiger partial charge is 0.458 e. The third kappa shape index (κ3) is 7.20. The molecule has 0 fully saturated rings. The molecule has 0 aromatic heterocycles. The van der Waals surface area contributed by atoms with E-state index in [1.165, 1.54) is 13.8 Å². The summed E-state index contributed by atoms with van der Waals surface area (Å²) in [5.41, 5.74) is 0.390. The molecule has 0 bridgehead atoms. The highest BCUT2D eigenvalue weighted by Gasteiger charge is 2.20. The van der Waals surface area contributed by atoms with Crippen molar-refractivity contribution in [2.75, 3.05) is 20.3 Å². The van der Waals surface area contributed by atoms with Gasteiger partial charge in [-0.2, -0.15) is 0 Å². The van der Waals surface area contributed by atoms with Crippen molar-refractivity contribution in [1.29, 1.82) is 0 Å². The largest absolute Gasteiger partial charge is 0.508 e. The minimum atomic E-state index is -0.979. The molecule has 7 heteroatoms. The molecule has 0 aliphatic rings. The van der Waals surface area contributed by atoms with E-state index in [0.29, 0.717) is 0 Å². The van der Waals surface area contributed by atoms with Gasteiger partial charge in [0, 0.05) is 11.1 Å². The molecule has 20 heavy (non-hydrogen) atoms. The number of hydrogen-bond acceptors (Lipinski definition) is 7. The molecule has 0 heterocycles. The van der Waals surface area contributed by atoms with E-state index in [9.17, 15) is 14.4 Å². The van der Waals surface area contributed by atoms with Crippen molar-refractivity contribution in [3.63, 3.8) is 0 Å². The van der Waals surface area contributed by atoms with Gasteiger partial charge in [-0.05, 0) is 13.8 Å². The molecular weight excluding hydrogens is 268 g/mol. The summed E-state index contributed by atoms with van der Waals surface area (Å²) in [7, 11) is 1.12. The fourth-order valence-electron chi connectivity index (χ4n) is 0.884. The summed E-state index contributed by atoms with van der Waals surface area (Å²) in [6, 6.07) is 0. The maximum absolute atomic E-state index is 11.2. The molecule has 0 saturated carbocycles. The number of esters is 2. The molecule has 112 valence electrons. The van der Waals surface area contributed by atoms with E-state index in [4.69, 9.17) is 14.2 Å². The van der Waals surface area contributed by atoms with Crippen molar-refractivity contribution in [3.8, 4) is 0 Å². The fourth-order valence-corrected chi connectivity index (χ4v) is 0.884. The van der Waals surface area contributed by atoms with Crippen LogP contribution in [-0.2, 0) is 28.5 Å². The van der Waals surface area contributed by atoms with Crippen molar-refractivity contribution >= 4 is 18.1 Å². The molecular formula is C13H18O7. The van der Waals surface area contributed by atoms with Crippen molar-refractivity contribution in [1.82, 2.24) is 0 Å². The Bertz CT molecular complexity index is 381. The lowest BCUT2D eigenvalue weighted by Crippen LogP contribution is -2.31. The van der Waals surface area contributed by atoms with E-state index < -0.39 is 24.2 Å². The lowest BCUT2D eigenvalue weighted by atomic mass is 10.3. The first-order valence-electron chi connectivity index (χ1n) is 5.67. The Morgan fingerprint density at radius 1 is 0.950 bits per heavy atom. The third-order valence-corrected chi connectivity index (χ3v) is 1.93. The first-order valence-corrected chi connectivity index (χ1v) is 5.67. The lowest BCUT2D eigenvalue weighted by molar-refractivity contribution is -0.148. The summed E-state index contributed by atoms with van der Waals surface area (Å²) in [6.45, 7) is 9.18. The van der Waals surface area contributed by atoms with Crippen LogP contribution in [0.4, 0.5) is 4.79 Å². The van der Waals surface area contributed by atoms with E-state index >= 15 is 0 Å². The zero-order valence-electron chi connectivity index (χ0n) is 11.8. The van der Waals surface area contributed by atoms with Gasteiger partial charge in [0.15, 0.2) is 6.10 Å². The molecule has 0 unspecified atom stereocenters.